The molecule has 0 fully saturated rings. The first-order chi connectivity index (χ1) is 9.54. The highest BCUT2D eigenvalue weighted by Gasteiger charge is 2.11. The second-order valence-corrected chi connectivity index (χ2v) is 3.89. The summed E-state index contributed by atoms with van der Waals surface area (Å²) < 4.78 is 13.2. The molecule has 0 aromatic heterocycles. The second kappa shape index (κ2) is 7.92. The smallest absolute Gasteiger partial charge is 0.252 e. The van der Waals surface area contributed by atoms with E-state index in [-0.39, 0.29) is 31.2 Å². The van der Waals surface area contributed by atoms with Crippen LogP contribution in [0.15, 0.2) is 18.2 Å². The normalized spacial score (nSPS) is 9.35. The van der Waals surface area contributed by atoms with Crippen LogP contribution in [-0.2, 0) is 4.79 Å². The number of aliphatic hydroxyl groups excluding tert-OH is 1. The van der Waals surface area contributed by atoms with Gasteiger partial charge in [-0.25, -0.2) is 4.39 Å². The fourth-order valence-corrected chi connectivity index (χ4v) is 1.46. The lowest BCUT2D eigenvalue weighted by Crippen LogP contribution is -2.34. The van der Waals surface area contributed by atoms with Crippen LogP contribution in [0.25, 0.3) is 0 Å². The summed E-state index contributed by atoms with van der Waals surface area (Å²) in [7, 11) is 0. The van der Waals surface area contributed by atoms with Gasteiger partial charge in [0, 0.05) is 25.6 Å². The summed E-state index contributed by atoms with van der Waals surface area (Å²) in [5, 5.41) is 13.7. The summed E-state index contributed by atoms with van der Waals surface area (Å²) in [6, 6.07) is 3.64. The van der Waals surface area contributed by atoms with Gasteiger partial charge in [0.1, 0.15) is 12.4 Å². The van der Waals surface area contributed by atoms with Crippen LogP contribution in [0.4, 0.5) is 4.39 Å². The Kier molecular flexibility index (Phi) is 6.20. The number of nitrogens with one attached hydrogen (secondary N) is 2. The van der Waals surface area contributed by atoms with Crippen LogP contribution in [0.5, 0.6) is 0 Å². The molecule has 0 aliphatic carbocycles. The maximum Gasteiger partial charge on any atom is 0.252 e. The van der Waals surface area contributed by atoms with Crippen molar-refractivity contribution in [2.45, 2.75) is 6.92 Å². The Hall–Kier alpha value is -2.39. The number of hydrogen-bond acceptors (Lipinski definition) is 3. The predicted molar refractivity (Wildman–Crippen MR) is 71.4 cm³/mol. The average molecular weight is 278 g/mol. The molecule has 0 bridgehead atoms. The van der Waals surface area contributed by atoms with E-state index in [1.807, 2.05) is 0 Å². The van der Waals surface area contributed by atoms with Gasteiger partial charge in [0.25, 0.3) is 5.91 Å². The Labute approximate surface area is 116 Å². The fraction of sp³-hybridized carbons (Fsp3) is 0.286. The largest absolute Gasteiger partial charge is 0.384 e. The molecule has 20 heavy (non-hydrogen) atoms. The van der Waals surface area contributed by atoms with E-state index in [1.165, 1.54) is 19.1 Å². The molecule has 6 heteroatoms. The van der Waals surface area contributed by atoms with Crippen LogP contribution in [0.2, 0.25) is 0 Å². The third-order valence-electron chi connectivity index (χ3n) is 2.31. The molecule has 0 atom stereocenters. The number of carbonyl (C=O) groups excluding carboxylic acids is 2. The van der Waals surface area contributed by atoms with E-state index in [9.17, 15) is 14.0 Å². The third kappa shape index (κ3) is 5.08. The third-order valence-corrected chi connectivity index (χ3v) is 2.31. The lowest BCUT2D eigenvalue weighted by Gasteiger charge is -2.07. The first-order valence-corrected chi connectivity index (χ1v) is 5.96. The molecule has 0 aliphatic rings. The van der Waals surface area contributed by atoms with Crippen LogP contribution < -0.4 is 10.6 Å². The van der Waals surface area contributed by atoms with Crippen LogP contribution >= 0.6 is 0 Å². The molecule has 106 valence electrons. The highest BCUT2D eigenvalue weighted by molar-refractivity contribution is 5.96. The summed E-state index contributed by atoms with van der Waals surface area (Å²) in [5.74, 6) is 3.76. The van der Waals surface area contributed by atoms with Crippen LogP contribution in [0.1, 0.15) is 22.8 Å². The SMILES string of the molecule is CC(=O)NCCNC(=O)c1cc(F)ccc1C#CCO. The molecule has 0 saturated carbocycles. The molecule has 3 N–H and O–H groups in total. The predicted octanol–water partition coefficient (Wildman–Crippen LogP) is 0.0354. The van der Waals surface area contributed by atoms with Crippen molar-refractivity contribution in [3.05, 3.63) is 35.1 Å². The maximum atomic E-state index is 13.2. The van der Waals surface area contributed by atoms with Crippen molar-refractivity contribution in [1.29, 1.82) is 0 Å². The van der Waals surface area contributed by atoms with Gasteiger partial charge in [-0.2, -0.15) is 0 Å². The van der Waals surface area contributed by atoms with Gasteiger partial charge in [-0.05, 0) is 18.2 Å². The molecular weight excluding hydrogens is 263 g/mol. The summed E-state index contributed by atoms with van der Waals surface area (Å²) in [4.78, 5) is 22.6. The summed E-state index contributed by atoms with van der Waals surface area (Å²) in [5.41, 5.74) is 0.422. The lowest BCUT2D eigenvalue weighted by molar-refractivity contribution is -0.118. The molecule has 0 unspecified atom stereocenters. The zero-order chi connectivity index (χ0) is 15.0. The topological polar surface area (TPSA) is 78.4 Å². The molecule has 0 saturated heterocycles. The van der Waals surface area contributed by atoms with Crippen molar-refractivity contribution >= 4 is 11.8 Å². The first-order valence-electron chi connectivity index (χ1n) is 5.96. The van der Waals surface area contributed by atoms with E-state index in [4.69, 9.17) is 5.11 Å². The Balaban J connectivity index is 2.75. The van der Waals surface area contributed by atoms with Crippen molar-refractivity contribution < 1.29 is 19.1 Å². The van der Waals surface area contributed by atoms with Gasteiger partial charge in [0.2, 0.25) is 5.91 Å². The van der Waals surface area contributed by atoms with Gasteiger partial charge in [-0.1, -0.05) is 11.8 Å². The molecule has 0 heterocycles. The minimum atomic E-state index is -0.549. The van der Waals surface area contributed by atoms with Gasteiger partial charge in [0.05, 0.1) is 5.56 Å². The molecule has 2 amide bonds. The molecule has 1 rings (SSSR count). The molecule has 1 aromatic carbocycles. The van der Waals surface area contributed by atoms with Gasteiger partial charge in [0.15, 0.2) is 0 Å². The maximum absolute atomic E-state index is 13.2. The van der Waals surface area contributed by atoms with Crippen molar-refractivity contribution in [3.8, 4) is 11.8 Å². The summed E-state index contributed by atoms with van der Waals surface area (Å²) in [6.45, 7) is 1.54. The van der Waals surface area contributed by atoms with Gasteiger partial charge in [-0.15, -0.1) is 0 Å². The fourth-order valence-electron chi connectivity index (χ4n) is 1.46. The zero-order valence-electron chi connectivity index (χ0n) is 11.0. The Bertz CT molecular complexity index is 561. The lowest BCUT2D eigenvalue weighted by atomic mass is 10.1. The average Bonchev–Trinajstić information content (AvgIpc) is 2.41. The zero-order valence-corrected chi connectivity index (χ0v) is 11.0. The van der Waals surface area contributed by atoms with Gasteiger partial charge < -0.3 is 15.7 Å². The number of benzene rings is 1. The number of halogens is 1. The van der Waals surface area contributed by atoms with E-state index in [2.05, 4.69) is 22.5 Å². The Morgan fingerprint density at radius 1 is 1.30 bits per heavy atom. The van der Waals surface area contributed by atoms with Crippen LogP contribution in [0.3, 0.4) is 0 Å². The number of aliphatic hydroxyl groups is 1. The number of amides is 2. The molecule has 1 aromatic rings. The number of hydrogen-bond donors (Lipinski definition) is 3. The quantitative estimate of drug-likeness (QED) is 0.537. The highest BCUT2D eigenvalue weighted by atomic mass is 19.1. The van der Waals surface area contributed by atoms with E-state index in [0.717, 1.165) is 6.07 Å². The van der Waals surface area contributed by atoms with Crippen LogP contribution in [-0.4, -0.2) is 36.6 Å². The standard InChI is InChI=1S/C14H15FN2O3/c1-10(19)16-6-7-17-14(20)13-9-12(15)5-4-11(13)3-2-8-18/h4-5,9,18H,6-8H2,1H3,(H,16,19)(H,17,20). The molecule has 0 spiro atoms. The molecule has 0 radical (unpaired) electrons. The van der Waals surface area contributed by atoms with E-state index in [0.29, 0.717) is 5.56 Å². The van der Waals surface area contributed by atoms with E-state index < -0.39 is 11.7 Å². The minimum absolute atomic E-state index is 0.0915. The monoisotopic (exact) mass is 278 g/mol. The Morgan fingerprint density at radius 2 is 2.00 bits per heavy atom. The van der Waals surface area contributed by atoms with Crippen LogP contribution in [0, 0.1) is 17.7 Å². The Morgan fingerprint density at radius 3 is 2.65 bits per heavy atom. The minimum Gasteiger partial charge on any atom is -0.384 e. The van der Waals surface area contributed by atoms with Gasteiger partial charge in [-0.3, -0.25) is 9.59 Å². The second-order valence-electron chi connectivity index (χ2n) is 3.89. The van der Waals surface area contributed by atoms with E-state index >= 15 is 0 Å². The highest BCUT2D eigenvalue weighted by Crippen LogP contribution is 2.10. The van der Waals surface area contributed by atoms with Crippen molar-refractivity contribution in [1.82, 2.24) is 10.6 Å². The molecule has 0 aliphatic heterocycles. The van der Waals surface area contributed by atoms with E-state index in [1.54, 1.807) is 0 Å². The molecular formula is C14H15FN2O3. The number of carbonyl (C=O) groups is 2. The first kappa shape index (κ1) is 15.7. The van der Waals surface area contributed by atoms with Crippen molar-refractivity contribution in [2.24, 2.45) is 0 Å². The van der Waals surface area contributed by atoms with Crippen molar-refractivity contribution in [2.75, 3.05) is 19.7 Å². The molecule has 5 nitrogen and oxygen atoms in total. The summed E-state index contributed by atoms with van der Waals surface area (Å²) in [6.07, 6.45) is 0. The van der Waals surface area contributed by atoms with Gasteiger partial charge >= 0.3 is 0 Å². The van der Waals surface area contributed by atoms with Crippen molar-refractivity contribution in [3.63, 3.8) is 0 Å². The number of rotatable bonds is 4. The summed E-state index contributed by atoms with van der Waals surface area (Å²) >= 11 is 0.